The number of hydrogen-bond donors (Lipinski definition) is 1. The third-order valence-corrected chi connectivity index (χ3v) is 0.302. The first kappa shape index (κ1) is 9.92. The zero-order valence-corrected chi connectivity index (χ0v) is 5.68. The molecular formula is C3H6GdO2. The largest absolute Gasteiger partial charge is 0.481 e. The zero-order chi connectivity index (χ0) is 4.28. The third kappa shape index (κ3) is 8.84. The Morgan fingerprint density at radius 2 is 2.00 bits per heavy atom. The van der Waals surface area contributed by atoms with Gasteiger partial charge in [0.25, 0.3) is 0 Å². The molecular weight excluding hydrogens is 225 g/mol. The molecule has 0 saturated heterocycles. The first-order valence-corrected chi connectivity index (χ1v) is 1.49. The standard InChI is InChI=1S/C3H6O2.Gd/c1-2-3(4)5;/h2H2,1H3,(H,4,5);. The van der Waals surface area contributed by atoms with Crippen LogP contribution in [0.3, 0.4) is 0 Å². The molecule has 0 rings (SSSR count). The summed E-state index contributed by atoms with van der Waals surface area (Å²) in [7, 11) is 0. The molecule has 1 N–H and O–H groups in total. The van der Waals surface area contributed by atoms with Crippen LogP contribution in [0.25, 0.3) is 0 Å². The fraction of sp³-hybridized carbons (Fsp3) is 0.667. The van der Waals surface area contributed by atoms with Crippen molar-refractivity contribution in [2.75, 3.05) is 0 Å². The minimum Gasteiger partial charge on any atom is -0.481 e. The molecule has 0 atom stereocenters. The van der Waals surface area contributed by atoms with Crippen LogP contribution < -0.4 is 0 Å². The van der Waals surface area contributed by atoms with Gasteiger partial charge >= 0.3 is 5.97 Å². The fourth-order valence-corrected chi connectivity index (χ4v) is 0. The van der Waals surface area contributed by atoms with Gasteiger partial charge in [-0.3, -0.25) is 4.79 Å². The maximum atomic E-state index is 9.37. The Labute approximate surface area is 68.6 Å². The normalized spacial score (nSPS) is 6.17. The van der Waals surface area contributed by atoms with Crippen molar-refractivity contribution in [3.63, 3.8) is 0 Å². The minimum atomic E-state index is -0.745. The van der Waals surface area contributed by atoms with Gasteiger partial charge in [-0.15, -0.1) is 0 Å². The Balaban J connectivity index is 0. The summed E-state index contributed by atoms with van der Waals surface area (Å²) >= 11 is 0. The van der Waals surface area contributed by atoms with Gasteiger partial charge in [0.1, 0.15) is 0 Å². The molecule has 0 fully saturated rings. The zero-order valence-electron chi connectivity index (χ0n) is 3.42. The summed E-state index contributed by atoms with van der Waals surface area (Å²) in [5.74, 6) is -0.745. The van der Waals surface area contributed by atoms with E-state index in [0.717, 1.165) is 0 Å². The predicted molar refractivity (Wildman–Crippen MR) is 17.9 cm³/mol. The SMILES string of the molecule is CCC(=O)O.[Gd]. The second kappa shape index (κ2) is 5.79. The van der Waals surface area contributed by atoms with Crippen LogP contribution >= 0.6 is 0 Å². The molecule has 0 bridgehead atoms. The van der Waals surface area contributed by atoms with Crippen LogP contribution in [0.2, 0.25) is 0 Å². The van der Waals surface area contributed by atoms with E-state index < -0.39 is 5.97 Å². The topological polar surface area (TPSA) is 37.3 Å². The smallest absolute Gasteiger partial charge is 0.303 e. The van der Waals surface area contributed by atoms with Gasteiger partial charge in [-0.05, 0) is 0 Å². The Morgan fingerprint density at radius 3 is 2.00 bits per heavy atom. The summed E-state index contributed by atoms with van der Waals surface area (Å²) in [5, 5.41) is 7.72. The maximum absolute atomic E-state index is 9.37. The third-order valence-electron chi connectivity index (χ3n) is 0.302. The van der Waals surface area contributed by atoms with Crippen LogP contribution in [0.15, 0.2) is 0 Å². The van der Waals surface area contributed by atoms with Crippen molar-refractivity contribution < 1.29 is 49.8 Å². The number of carboxylic acid groups (broad SMARTS) is 1. The van der Waals surface area contributed by atoms with E-state index in [2.05, 4.69) is 0 Å². The fourth-order valence-electron chi connectivity index (χ4n) is 0. The summed E-state index contributed by atoms with van der Waals surface area (Å²) in [6, 6.07) is 0. The molecule has 6 heavy (non-hydrogen) atoms. The average molecular weight is 231 g/mol. The van der Waals surface area contributed by atoms with Crippen LogP contribution in [0.5, 0.6) is 0 Å². The van der Waals surface area contributed by atoms with E-state index in [1.54, 1.807) is 6.92 Å². The van der Waals surface area contributed by atoms with Crippen molar-refractivity contribution in [3.8, 4) is 0 Å². The monoisotopic (exact) mass is 232 g/mol. The van der Waals surface area contributed by atoms with Crippen molar-refractivity contribution in [2.45, 2.75) is 13.3 Å². The van der Waals surface area contributed by atoms with Crippen LogP contribution in [0.4, 0.5) is 0 Å². The summed E-state index contributed by atoms with van der Waals surface area (Å²) < 4.78 is 0. The van der Waals surface area contributed by atoms with Crippen molar-refractivity contribution >= 4 is 5.97 Å². The summed E-state index contributed by atoms with van der Waals surface area (Å²) in [5.41, 5.74) is 0. The van der Waals surface area contributed by atoms with Gasteiger partial charge in [0, 0.05) is 46.4 Å². The second-order valence-corrected chi connectivity index (χ2v) is 0.747. The van der Waals surface area contributed by atoms with Gasteiger partial charge in [0.05, 0.1) is 0 Å². The van der Waals surface area contributed by atoms with Gasteiger partial charge in [-0.2, -0.15) is 0 Å². The average Bonchev–Trinajstić information content (AvgIpc) is 1.38. The molecule has 38 valence electrons. The number of carboxylic acids is 1. The Kier molecular flexibility index (Phi) is 9.58. The molecule has 3 heteroatoms. The van der Waals surface area contributed by atoms with E-state index in [4.69, 9.17) is 5.11 Å². The molecule has 0 aromatic carbocycles. The van der Waals surface area contributed by atoms with E-state index in [9.17, 15) is 4.79 Å². The van der Waals surface area contributed by atoms with E-state index in [0.29, 0.717) is 0 Å². The van der Waals surface area contributed by atoms with E-state index in [1.807, 2.05) is 0 Å². The van der Waals surface area contributed by atoms with Gasteiger partial charge in [0.15, 0.2) is 0 Å². The van der Waals surface area contributed by atoms with Crippen molar-refractivity contribution in [3.05, 3.63) is 0 Å². The Hall–Kier alpha value is 0.795. The molecule has 0 aliphatic heterocycles. The summed E-state index contributed by atoms with van der Waals surface area (Å²) in [4.78, 5) is 9.37. The molecule has 0 radical (unpaired) electrons. The first-order valence-electron chi connectivity index (χ1n) is 1.49. The van der Waals surface area contributed by atoms with Crippen molar-refractivity contribution in [2.24, 2.45) is 0 Å². The first-order chi connectivity index (χ1) is 2.27. The van der Waals surface area contributed by atoms with Crippen molar-refractivity contribution in [1.29, 1.82) is 0 Å². The maximum Gasteiger partial charge on any atom is 0.303 e. The molecule has 2 nitrogen and oxygen atoms in total. The second-order valence-electron chi connectivity index (χ2n) is 0.747. The molecule has 0 spiro atoms. The van der Waals surface area contributed by atoms with E-state index in [1.165, 1.54) is 0 Å². The quantitative estimate of drug-likeness (QED) is 0.713. The minimum absolute atomic E-state index is 0. The number of rotatable bonds is 1. The molecule has 0 aliphatic carbocycles. The van der Waals surface area contributed by atoms with E-state index in [-0.39, 0.29) is 46.4 Å². The van der Waals surface area contributed by atoms with Gasteiger partial charge in [-0.1, -0.05) is 6.92 Å². The number of aliphatic carboxylic acids is 1. The van der Waals surface area contributed by atoms with Crippen LogP contribution in [-0.2, 0) is 4.79 Å². The molecule has 0 heterocycles. The molecule has 0 aliphatic rings. The number of carbonyl (C=O) groups is 1. The Bertz CT molecular complexity index is 44.1. The van der Waals surface area contributed by atoms with Gasteiger partial charge in [0.2, 0.25) is 0 Å². The molecule has 0 amide bonds. The van der Waals surface area contributed by atoms with Gasteiger partial charge in [-0.25, -0.2) is 0 Å². The van der Waals surface area contributed by atoms with E-state index >= 15 is 0 Å². The summed E-state index contributed by atoms with van der Waals surface area (Å²) in [6.45, 7) is 1.60. The van der Waals surface area contributed by atoms with Crippen LogP contribution in [0.1, 0.15) is 13.3 Å². The number of hydrogen-bond acceptors (Lipinski definition) is 1. The van der Waals surface area contributed by atoms with Crippen LogP contribution in [-0.4, -0.2) is 11.1 Å². The molecule has 0 saturated carbocycles. The predicted octanol–water partition coefficient (Wildman–Crippen LogP) is 0.481. The van der Waals surface area contributed by atoms with Gasteiger partial charge < -0.3 is 5.11 Å². The Morgan fingerprint density at radius 1 is 1.83 bits per heavy atom. The van der Waals surface area contributed by atoms with Crippen LogP contribution in [0, 0.1) is 39.9 Å². The molecule has 0 aromatic heterocycles. The molecule has 0 unspecified atom stereocenters. The molecule has 0 aromatic rings. The van der Waals surface area contributed by atoms with Crippen molar-refractivity contribution in [1.82, 2.24) is 0 Å². The summed E-state index contributed by atoms with van der Waals surface area (Å²) in [6.07, 6.45) is 0.222.